The third kappa shape index (κ3) is 4.28. The molecule has 0 N–H and O–H groups in total. The van der Waals surface area contributed by atoms with Crippen molar-refractivity contribution in [3.05, 3.63) is 103 Å². The molecular formula is C27H24N4O2. The quantitative estimate of drug-likeness (QED) is 0.363. The average Bonchev–Trinajstić information content (AvgIpc) is 3.21. The van der Waals surface area contributed by atoms with Crippen molar-refractivity contribution in [2.75, 3.05) is 13.7 Å². The van der Waals surface area contributed by atoms with Crippen molar-refractivity contribution in [1.82, 2.24) is 19.4 Å². The Morgan fingerprint density at radius 1 is 0.939 bits per heavy atom. The van der Waals surface area contributed by atoms with Crippen LogP contribution in [0.25, 0.3) is 21.8 Å². The summed E-state index contributed by atoms with van der Waals surface area (Å²) in [7, 11) is 1.77. The standard InChI is InChI=1S/C27H24N4O2/c1-30(27(32)23-13-6-7-16-28-23)19-26-29-22-12-4-5-14-24(22)31(26)17-18-33-25-15-8-10-20-9-2-3-11-21(20)25/h2-16H,17-19H2,1H3. The highest BCUT2D eigenvalue weighted by Gasteiger charge is 2.17. The van der Waals surface area contributed by atoms with E-state index in [1.807, 2.05) is 54.6 Å². The van der Waals surface area contributed by atoms with Gasteiger partial charge in [0.05, 0.1) is 24.1 Å². The number of ether oxygens (including phenoxy) is 1. The SMILES string of the molecule is CN(Cc1nc2ccccc2n1CCOc1cccc2ccccc12)C(=O)c1ccccn1. The first kappa shape index (κ1) is 20.7. The third-order valence-corrected chi connectivity index (χ3v) is 5.66. The van der Waals surface area contributed by atoms with Gasteiger partial charge in [0.15, 0.2) is 0 Å². The highest BCUT2D eigenvalue weighted by molar-refractivity contribution is 5.92. The predicted molar refractivity (Wildman–Crippen MR) is 129 cm³/mol. The Bertz CT molecular complexity index is 1410. The Balaban J connectivity index is 1.37. The molecule has 2 heterocycles. The zero-order chi connectivity index (χ0) is 22.6. The summed E-state index contributed by atoms with van der Waals surface area (Å²) < 4.78 is 8.31. The lowest BCUT2D eigenvalue weighted by Crippen LogP contribution is -2.28. The van der Waals surface area contributed by atoms with Gasteiger partial charge in [0.2, 0.25) is 0 Å². The van der Waals surface area contributed by atoms with Crippen molar-refractivity contribution < 1.29 is 9.53 Å². The van der Waals surface area contributed by atoms with Gasteiger partial charge >= 0.3 is 0 Å². The number of carbonyl (C=O) groups is 1. The fourth-order valence-electron chi connectivity index (χ4n) is 4.03. The molecule has 5 rings (SSSR count). The number of nitrogens with zero attached hydrogens (tertiary/aromatic N) is 4. The van der Waals surface area contributed by atoms with Gasteiger partial charge in [0.1, 0.15) is 23.9 Å². The Labute approximate surface area is 192 Å². The number of imidazole rings is 1. The zero-order valence-corrected chi connectivity index (χ0v) is 18.4. The van der Waals surface area contributed by atoms with Gasteiger partial charge in [-0.1, -0.05) is 54.6 Å². The second kappa shape index (κ2) is 9.12. The van der Waals surface area contributed by atoms with Crippen LogP contribution < -0.4 is 4.74 Å². The molecule has 0 bridgehead atoms. The van der Waals surface area contributed by atoms with Crippen molar-refractivity contribution in [2.24, 2.45) is 0 Å². The Morgan fingerprint density at radius 3 is 2.61 bits per heavy atom. The van der Waals surface area contributed by atoms with E-state index in [0.29, 0.717) is 25.4 Å². The van der Waals surface area contributed by atoms with Crippen LogP contribution in [0.15, 0.2) is 91.1 Å². The maximum absolute atomic E-state index is 12.8. The van der Waals surface area contributed by atoms with Gasteiger partial charge in [-0.3, -0.25) is 9.78 Å². The number of para-hydroxylation sites is 2. The number of hydrogen-bond acceptors (Lipinski definition) is 4. The van der Waals surface area contributed by atoms with Crippen LogP contribution in [0.3, 0.4) is 0 Å². The van der Waals surface area contributed by atoms with Gasteiger partial charge < -0.3 is 14.2 Å². The summed E-state index contributed by atoms with van der Waals surface area (Å²) in [6.07, 6.45) is 1.63. The molecule has 0 unspecified atom stereocenters. The first-order valence-electron chi connectivity index (χ1n) is 10.9. The van der Waals surface area contributed by atoms with Crippen molar-refractivity contribution >= 4 is 27.7 Å². The highest BCUT2D eigenvalue weighted by Crippen LogP contribution is 2.25. The number of carbonyl (C=O) groups excluding carboxylic acids is 1. The largest absolute Gasteiger partial charge is 0.491 e. The summed E-state index contributed by atoms with van der Waals surface area (Å²) in [6, 6.07) is 27.6. The minimum absolute atomic E-state index is 0.138. The lowest BCUT2D eigenvalue weighted by Gasteiger charge is -2.18. The van der Waals surface area contributed by atoms with Gasteiger partial charge in [0.25, 0.3) is 5.91 Å². The predicted octanol–water partition coefficient (Wildman–Crippen LogP) is 4.94. The maximum Gasteiger partial charge on any atom is 0.272 e. The molecule has 6 heteroatoms. The van der Waals surface area contributed by atoms with Gasteiger partial charge in [0, 0.05) is 18.6 Å². The number of rotatable bonds is 7. The van der Waals surface area contributed by atoms with E-state index in [4.69, 9.17) is 9.72 Å². The lowest BCUT2D eigenvalue weighted by molar-refractivity contribution is 0.0774. The van der Waals surface area contributed by atoms with Crippen molar-refractivity contribution in [3.63, 3.8) is 0 Å². The Kier molecular flexibility index (Phi) is 5.72. The summed E-state index contributed by atoms with van der Waals surface area (Å²) in [5.41, 5.74) is 2.34. The van der Waals surface area contributed by atoms with Crippen molar-refractivity contribution in [3.8, 4) is 5.75 Å². The normalized spacial score (nSPS) is 11.1. The van der Waals surface area contributed by atoms with Crippen LogP contribution in [0.2, 0.25) is 0 Å². The smallest absolute Gasteiger partial charge is 0.272 e. The summed E-state index contributed by atoms with van der Waals surface area (Å²) in [5.74, 6) is 1.53. The molecule has 0 saturated carbocycles. The number of aromatic nitrogens is 3. The molecule has 33 heavy (non-hydrogen) atoms. The fraction of sp³-hybridized carbons (Fsp3) is 0.148. The minimum atomic E-state index is -0.138. The molecule has 6 nitrogen and oxygen atoms in total. The van der Waals surface area contributed by atoms with E-state index < -0.39 is 0 Å². The van der Waals surface area contributed by atoms with Gasteiger partial charge in [-0.05, 0) is 35.7 Å². The first-order valence-corrected chi connectivity index (χ1v) is 10.9. The van der Waals surface area contributed by atoms with Gasteiger partial charge in [-0.25, -0.2) is 4.98 Å². The van der Waals surface area contributed by atoms with Crippen LogP contribution in [0, 0.1) is 0 Å². The minimum Gasteiger partial charge on any atom is -0.491 e. The van der Waals surface area contributed by atoms with Crippen LogP contribution in [-0.4, -0.2) is 39.0 Å². The molecule has 1 amide bonds. The van der Waals surface area contributed by atoms with E-state index in [-0.39, 0.29) is 5.91 Å². The highest BCUT2D eigenvalue weighted by atomic mass is 16.5. The molecular weight excluding hydrogens is 412 g/mol. The van der Waals surface area contributed by atoms with E-state index in [1.165, 1.54) is 0 Å². The topological polar surface area (TPSA) is 60.2 Å². The average molecular weight is 437 g/mol. The fourth-order valence-corrected chi connectivity index (χ4v) is 4.03. The summed E-state index contributed by atoms with van der Waals surface area (Å²) >= 11 is 0. The monoisotopic (exact) mass is 436 g/mol. The van der Waals surface area contributed by atoms with Crippen LogP contribution in [0.5, 0.6) is 5.75 Å². The first-order chi connectivity index (χ1) is 16.2. The molecule has 164 valence electrons. The van der Waals surface area contributed by atoms with Gasteiger partial charge in [-0.15, -0.1) is 0 Å². The van der Waals surface area contributed by atoms with Crippen LogP contribution in [0.4, 0.5) is 0 Å². The number of amides is 1. The lowest BCUT2D eigenvalue weighted by atomic mass is 10.1. The molecule has 5 aromatic rings. The number of hydrogen-bond donors (Lipinski definition) is 0. The van der Waals surface area contributed by atoms with E-state index in [1.54, 1.807) is 30.3 Å². The van der Waals surface area contributed by atoms with E-state index in [9.17, 15) is 4.79 Å². The van der Waals surface area contributed by atoms with Crippen LogP contribution in [-0.2, 0) is 13.1 Å². The molecule has 0 aliphatic carbocycles. The number of benzene rings is 3. The molecule has 0 aliphatic heterocycles. The van der Waals surface area contributed by atoms with E-state index in [0.717, 1.165) is 33.4 Å². The van der Waals surface area contributed by atoms with E-state index in [2.05, 4.69) is 27.8 Å². The Morgan fingerprint density at radius 2 is 1.73 bits per heavy atom. The summed E-state index contributed by atoms with van der Waals surface area (Å²) in [6.45, 7) is 1.47. The molecule has 0 aliphatic rings. The molecule has 0 spiro atoms. The van der Waals surface area contributed by atoms with Crippen molar-refractivity contribution in [2.45, 2.75) is 13.1 Å². The summed E-state index contributed by atoms with van der Waals surface area (Å²) in [4.78, 5) is 23.4. The van der Waals surface area contributed by atoms with Crippen LogP contribution in [0.1, 0.15) is 16.3 Å². The number of pyridine rings is 1. The van der Waals surface area contributed by atoms with Crippen molar-refractivity contribution in [1.29, 1.82) is 0 Å². The molecule has 0 saturated heterocycles. The second-order valence-electron chi connectivity index (χ2n) is 7.87. The second-order valence-corrected chi connectivity index (χ2v) is 7.87. The third-order valence-electron chi connectivity index (χ3n) is 5.66. The van der Waals surface area contributed by atoms with E-state index >= 15 is 0 Å². The summed E-state index contributed by atoms with van der Waals surface area (Å²) in [5, 5.41) is 2.25. The molecule has 0 fully saturated rings. The maximum atomic E-state index is 12.8. The van der Waals surface area contributed by atoms with Gasteiger partial charge in [-0.2, -0.15) is 0 Å². The molecule has 0 atom stereocenters. The molecule has 2 aromatic heterocycles. The molecule has 3 aromatic carbocycles. The number of fused-ring (bicyclic) bond motifs is 2. The zero-order valence-electron chi connectivity index (χ0n) is 18.4. The Hall–Kier alpha value is -4.19. The van der Waals surface area contributed by atoms with Crippen LogP contribution >= 0.6 is 0 Å². The molecule has 0 radical (unpaired) electrons.